The average Bonchev–Trinajstić information content (AvgIpc) is 2.61. The van der Waals surface area contributed by atoms with Gasteiger partial charge in [-0.1, -0.05) is 25.5 Å². The summed E-state index contributed by atoms with van der Waals surface area (Å²) in [6, 6.07) is 7.41. The first kappa shape index (κ1) is 18.1. The van der Waals surface area contributed by atoms with Gasteiger partial charge in [0.2, 0.25) is 5.91 Å². The van der Waals surface area contributed by atoms with Crippen LogP contribution in [0, 0.1) is 5.92 Å². The van der Waals surface area contributed by atoms with Gasteiger partial charge in [-0.05, 0) is 56.5 Å². The van der Waals surface area contributed by atoms with E-state index in [1.807, 2.05) is 12.1 Å². The Kier molecular flexibility index (Phi) is 6.93. The number of carbonyl (C=O) groups is 3. The molecular weight excluding hydrogens is 306 g/mol. The lowest BCUT2D eigenvalue weighted by Crippen LogP contribution is -2.44. The van der Waals surface area contributed by atoms with E-state index in [-0.39, 0.29) is 11.8 Å². The van der Waals surface area contributed by atoms with Crippen molar-refractivity contribution in [1.82, 2.24) is 10.6 Å². The number of rotatable bonds is 5. The van der Waals surface area contributed by atoms with E-state index in [1.54, 1.807) is 12.1 Å². The molecule has 6 heteroatoms. The van der Waals surface area contributed by atoms with Crippen LogP contribution in [0.15, 0.2) is 24.3 Å². The molecule has 130 valence electrons. The largest absolute Gasteiger partial charge is 0.318 e. The Bertz CT molecular complexity index is 578. The molecule has 0 saturated carbocycles. The van der Waals surface area contributed by atoms with Crippen LogP contribution in [0.3, 0.4) is 0 Å². The minimum absolute atomic E-state index is 0.208. The first-order chi connectivity index (χ1) is 11.6. The maximum atomic E-state index is 12.0. The van der Waals surface area contributed by atoms with Crippen LogP contribution in [-0.4, -0.2) is 30.8 Å². The highest BCUT2D eigenvalue weighted by Gasteiger charge is 2.25. The second kappa shape index (κ2) is 9.17. The van der Waals surface area contributed by atoms with E-state index in [0.717, 1.165) is 32.4 Å². The highest BCUT2D eigenvalue weighted by molar-refractivity contribution is 6.41. The van der Waals surface area contributed by atoms with E-state index in [4.69, 9.17) is 0 Å². The Hall–Kier alpha value is -2.21. The van der Waals surface area contributed by atoms with Gasteiger partial charge in [-0.3, -0.25) is 19.7 Å². The monoisotopic (exact) mass is 331 g/mol. The summed E-state index contributed by atoms with van der Waals surface area (Å²) in [4.78, 5) is 35.7. The topological polar surface area (TPSA) is 87.3 Å². The summed E-state index contributed by atoms with van der Waals surface area (Å²) < 4.78 is 0. The van der Waals surface area contributed by atoms with Crippen LogP contribution >= 0.6 is 0 Å². The third kappa shape index (κ3) is 5.45. The van der Waals surface area contributed by atoms with Crippen LogP contribution in [0.2, 0.25) is 0 Å². The van der Waals surface area contributed by atoms with E-state index in [9.17, 15) is 14.4 Å². The van der Waals surface area contributed by atoms with Crippen molar-refractivity contribution in [2.24, 2.45) is 5.92 Å². The molecule has 0 radical (unpaired) electrons. The molecule has 0 atom stereocenters. The molecule has 0 spiro atoms. The maximum absolute atomic E-state index is 12.0. The first-order valence-corrected chi connectivity index (χ1v) is 8.56. The number of benzene rings is 1. The van der Waals surface area contributed by atoms with Crippen LogP contribution in [0.1, 0.15) is 38.2 Å². The molecule has 0 aromatic heterocycles. The van der Waals surface area contributed by atoms with E-state index in [0.29, 0.717) is 18.5 Å². The molecule has 0 unspecified atom stereocenters. The third-order valence-corrected chi connectivity index (χ3v) is 4.18. The predicted molar refractivity (Wildman–Crippen MR) is 92.4 cm³/mol. The van der Waals surface area contributed by atoms with Crippen molar-refractivity contribution in [1.29, 1.82) is 0 Å². The van der Waals surface area contributed by atoms with Gasteiger partial charge in [0, 0.05) is 11.6 Å². The van der Waals surface area contributed by atoms with Crippen LogP contribution in [0.25, 0.3) is 0 Å². The lowest BCUT2D eigenvalue weighted by Gasteiger charge is -2.21. The first-order valence-electron chi connectivity index (χ1n) is 8.56. The Labute approximate surface area is 142 Å². The second-order valence-electron chi connectivity index (χ2n) is 6.10. The number of hydrogen-bond acceptors (Lipinski definition) is 4. The normalized spacial score (nSPS) is 14.9. The van der Waals surface area contributed by atoms with Crippen molar-refractivity contribution in [2.75, 3.05) is 18.4 Å². The standard InChI is InChI=1S/C18H25N3O3/c1-2-3-4-13-5-7-15(8-6-13)20-17(23)18(24)21-16(22)14-9-11-19-12-10-14/h5-8,14,19H,2-4,9-12H2,1H3,(H,20,23)(H,21,22,24). The second-order valence-corrected chi connectivity index (χ2v) is 6.10. The molecule has 0 aliphatic carbocycles. The van der Waals surface area contributed by atoms with Crippen molar-refractivity contribution in [3.63, 3.8) is 0 Å². The van der Waals surface area contributed by atoms with Crippen molar-refractivity contribution in [2.45, 2.75) is 39.0 Å². The molecule has 2 rings (SSSR count). The smallest absolute Gasteiger partial charge is 0.316 e. The number of unbranched alkanes of at least 4 members (excludes halogenated alkanes) is 1. The van der Waals surface area contributed by atoms with E-state index >= 15 is 0 Å². The van der Waals surface area contributed by atoms with Gasteiger partial charge in [0.15, 0.2) is 0 Å². The zero-order chi connectivity index (χ0) is 17.4. The van der Waals surface area contributed by atoms with E-state index < -0.39 is 11.8 Å². The Morgan fingerprint density at radius 1 is 1.08 bits per heavy atom. The van der Waals surface area contributed by atoms with Gasteiger partial charge in [0.1, 0.15) is 0 Å². The summed E-state index contributed by atoms with van der Waals surface area (Å²) in [5, 5.41) is 7.86. The fraction of sp³-hybridized carbons (Fsp3) is 0.500. The molecule has 24 heavy (non-hydrogen) atoms. The summed E-state index contributed by atoms with van der Waals surface area (Å²) in [6.45, 7) is 3.64. The zero-order valence-electron chi connectivity index (χ0n) is 14.1. The van der Waals surface area contributed by atoms with Crippen molar-refractivity contribution in [3.05, 3.63) is 29.8 Å². The van der Waals surface area contributed by atoms with Gasteiger partial charge in [-0.2, -0.15) is 0 Å². The van der Waals surface area contributed by atoms with Crippen molar-refractivity contribution in [3.8, 4) is 0 Å². The molecule has 1 aliphatic heterocycles. The number of anilines is 1. The third-order valence-electron chi connectivity index (χ3n) is 4.18. The molecule has 3 amide bonds. The lowest BCUT2D eigenvalue weighted by atomic mass is 9.97. The van der Waals surface area contributed by atoms with Crippen LogP contribution < -0.4 is 16.0 Å². The molecule has 1 saturated heterocycles. The predicted octanol–water partition coefficient (Wildman–Crippen LogP) is 1.61. The fourth-order valence-corrected chi connectivity index (χ4v) is 2.68. The van der Waals surface area contributed by atoms with Gasteiger partial charge in [0.25, 0.3) is 0 Å². The summed E-state index contributed by atoms with van der Waals surface area (Å²) >= 11 is 0. The van der Waals surface area contributed by atoms with Crippen molar-refractivity contribution >= 4 is 23.4 Å². The Morgan fingerprint density at radius 2 is 1.75 bits per heavy atom. The molecule has 3 N–H and O–H groups in total. The van der Waals surface area contributed by atoms with Crippen LogP contribution in [0.4, 0.5) is 5.69 Å². The molecule has 1 aromatic carbocycles. The van der Waals surface area contributed by atoms with Crippen LogP contribution in [0.5, 0.6) is 0 Å². The SMILES string of the molecule is CCCCc1ccc(NC(=O)C(=O)NC(=O)C2CCNCC2)cc1. The average molecular weight is 331 g/mol. The van der Waals surface area contributed by atoms with Gasteiger partial charge in [-0.15, -0.1) is 0 Å². The molecule has 1 fully saturated rings. The van der Waals surface area contributed by atoms with Gasteiger partial charge >= 0.3 is 11.8 Å². The van der Waals surface area contributed by atoms with Gasteiger partial charge in [-0.25, -0.2) is 0 Å². The number of piperidine rings is 1. The maximum Gasteiger partial charge on any atom is 0.316 e. The number of nitrogens with one attached hydrogen (secondary N) is 3. The lowest BCUT2D eigenvalue weighted by molar-refractivity contribution is -0.141. The summed E-state index contributed by atoms with van der Waals surface area (Å²) in [6.07, 6.45) is 4.60. The van der Waals surface area contributed by atoms with Crippen molar-refractivity contribution < 1.29 is 14.4 Å². The summed E-state index contributed by atoms with van der Waals surface area (Å²) in [7, 11) is 0. The number of aryl methyl sites for hydroxylation is 1. The molecule has 6 nitrogen and oxygen atoms in total. The fourth-order valence-electron chi connectivity index (χ4n) is 2.68. The number of hydrogen-bond donors (Lipinski definition) is 3. The van der Waals surface area contributed by atoms with Gasteiger partial charge in [0.05, 0.1) is 0 Å². The minimum Gasteiger partial charge on any atom is -0.318 e. The van der Waals surface area contributed by atoms with E-state index in [1.165, 1.54) is 5.56 Å². The number of imide groups is 1. The minimum atomic E-state index is -0.909. The molecule has 1 aromatic rings. The molecular formula is C18H25N3O3. The quantitative estimate of drug-likeness (QED) is 0.715. The molecule has 1 heterocycles. The highest BCUT2D eigenvalue weighted by Crippen LogP contribution is 2.13. The number of amides is 3. The number of carbonyl (C=O) groups excluding carboxylic acids is 3. The summed E-state index contributed by atoms with van der Waals surface area (Å²) in [5.41, 5.74) is 1.74. The highest BCUT2D eigenvalue weighted by atomic mass is 16.2. The van der Waals surface area contributed by atoms with E-state index in [2.05, 4.69) is 22.9 Å². The Balaban J connectivity index is 1.82. The zero-order valence-corrected chi connectivity index (χ0v) is 14.1. The Morgan fingerprint density at radius 3 is 2.38 bits per heavy atom. The van der Waals surface area contributed by atoms with Crippen LogP contribution in [-0.2, 0) is 20.8 Å². The summed E-state index contributed by atoms with van der Waals surface area (Å²) in [5.74, 6) is -2.31. The molecule has 1 aliphatic rings. The van der Waals surface area contributed by atoms with Gasteiger partial charge < -0.3 is 10.6 Å². The molecule has 0 bridgehead atoms.